The lowest BCUT2D eigenvalue weighted by Gasteiger charge is -2.05. The van der Waals surface area contributed by atoms with E-state index < -0.39 is 0 Å². The van der Waals surface area contributed by atoms with Gasteiger partial charge in [-0.1, -0.05) is 6.07 Å². The zero-order valence-electron chi connectivity index (χ0n) is 9.46. The first-order chi connectivity index (χ1) is 8.34. The summed E-state index contributed by atoms with van der Waals surface area (Å²) in [7, 11) is 0. The van der Waals surface area contributed by atoms with Crippen molar-refractivity contribution in [3.05, 3.63) is 48.4 Å². The number of anilines is 1. The van der Waals surface area contributed by atoms with Crippen LogP contribution in [0.1, 0.15) is 5.76 Å². The van der Waals surface area contributed by atoms with Crippen LogP contribution in [-0.4, -0.2) is 12.4 Å². The summed E-state index contributed by atoms with van der Waals surface area (Å²) in [6, 6.07) is 11.4. The second kappa shape index (κ2) is 6.25. The third-order valence-electron chi connectivity index (χ3n) is 2.18. The Morgan fingerprint density at radius 3 is 2.94 bits per heavy atom. The van der Waals surface area contributed by atoms with Gasteiger partial charge >= 0.3 is 0 Å². The summed E-state index contributed by atoms with van der Waals surface area (Å²) in [5, 5.41) is 0. The van der Waals surface area contributed by atoms with E-state index in [9.17, 15) is 0 Å². The van der Waals surface area contributed by atoms with Crippen LogP contribution in [0.25, 0.3) is 0 Å². The van der Waals surface area contributed by atoms with Gasteiger partial charge in [0, 0.05) is 17.5 Å². The Balaban J connectivity index is 1.63. The van der Waals surface area contributed by atoms with Crippen molar-refractivity contribution in [3.8, 4) is 5.75 Å². The molecule has 3 nitrogen and oxygen atoms in total. The van der Waals surface area contributed by atoms with E-state index in [2.05, 4.69) is 0 Å². The molecule has 90 valence electrons. The number of benzene rings is 1. The fraction of sp³-hybridized carbons (Fsp3) is 0.231. The fourth-order valence-corrected chi connectivity index (χ4v) is 2.10. The van der Waals surface area contributed by atoms with Crippen molar-refractivity contribution in [1.29, 1.82) is 0 Å². The Labute approximate surface area is 105 Å². The van der Waals surface area contributed by atoms with Crippen LogP contribution in [0.4, 0.5) is 5.69 Å². The van der Waals surface area contributed by atoms with Gasteiger partial charge < -0.3 is 14.9 Å². The molecule has 0 amide bonds. The molecule has 0 unspecified atom stereocenters. The van der Waals surface area contributed by atoms with Crippen molar-refractivity contribution in [2.45, 2.75) is 5.75 Å². The van der Waals surface area contributed by atoms with Gasteiger partial charge in [0.1, 0.15) is 11.5 Å². The molecule has 2 N–H and O–H groups in total. The van der Waals surface area contributed by atoms with Crippen LogP contribution in [-0.2, 0) is 5.75 Å². The van der Waals surface area contributed by atoms with Crippen LogP contribution >= 0.6 is 11.8 Å². The molecule has 0 aliphatic carbocycles. The Hall–Kier alpha value is -1.55. The molecule has 1 aromatic carbocycles. The molecule has 2 rings (SSSR count). The molecule has 0 radical (unpaired) electrons. The first kappa shape index (κ1) is 11.9. The maximum Gasteiger partial charge on any atom is 0.121 e. The van der Waals surface area contributed by atoms with E-state index in [1.165, 1.54) is 0 Å². The second-order valence-corrected chi connectivity index (χ2v) is 4.66. The average Bonchev–Trinajstić information content (AvgIpc) is 2.82. The summed E-state index contributed by atoms with van der Waals surface area (Å²) in [6.07, 6.45) is 1.69. The van der Waals surface area contributed by atoms with E-state index in [4.69, 9.17) is 14.9 Å². The van der Waals surface area contributed by atoms with Gasteiger partial charge in [0.2, 0.25) is 0 Å². The Bertz CT molecular complexity index is 442. The standard InChI is InChI=1S/C13H15NO2S/c14-11-3-1-4-12(9-11)16-7-8-17-10-13-5-2-6-15-13/h1-6,9H,7-8,10,14H2. The van der Waals surface area contributed by atoms with E-state index in [-0.39, 0.29) is 0 Å². The number of ether oxygens (including phenoxy) is 1. The molecule has 0 fully saturated rings. The van der Waals surface area contributed by atoms with Gasteiger partial charge in [-0.25, -0.2) is 0 Å². The first-order valence-corrected chi connectivity index (χ1v) is 6.58. The highest BCUT2D eigenvalue weighted by atomic mass is 32.2. The Morgan fingerprint density at radius 2 is 2.18 bits per heavy atom. The quantitative estimate of drug-likeness (QED) is 0.631. The average molecular weight is 249 g/mol. The van der Waals surface area contributed by atoms with Crippen molar-refractivity contribution in [3.63, 3.8) is 0 Å². The van der Waals surface area contributed by atoms with Gasteiger partial charge in [0.25, 0.3) is 0 Å². The molecule has 1 heterocycles. The summed E-state index contributed by atoms with van der Waals surface area (Å²) in [5.41, 5.74) is 6.38. The fourth-order valence-electron chi connectivity index (χ4n) is 1.39. The number of rotatable bonds is 6. The smallest absolute Gasteiger partial charge is 0.121 e. The molecule has 0 bridgehead atoms. The zero-order chi connectivity index (χ0) is 11.9. The molecular formula is C13H15NO2S. The SMILES string of the molecule is Nc1cccc(OCCSCc2ccco2)c1. The third kappa shape index (κ3) is 4.07. The van der Waals surface area contributed by atoms with Gasteiger partial charge in [-0.2, -0.15) is 11.8 Å². The summed E-state index contributed by atoms with van der Waals surface area (Å²) >= 11 is 1.78. The molecule has 1 aromatic heterocycles. The van der Waals surface area contributed by atoms with Crippen molar-refractivity contribution in [2.75, 3.05) is 18.1 Å². The lowest BCUT2D eigenvalue weighted by molar-refractivity contribution is 0.344. The third-order valence-corrected chi connectivity index (χ3v) is 3.12. The van der Waals surface area contributed by atoms with Gasteiger partial charge in [0.15, 0.2) is 0 Å². The number of thioether (sulfide) groups is 1. The van der Waals surface area contributed by atoms with Gasteiger partial charge in [0.05, 0.1) is 18.6 Å². The van der Waals surface area contributed by atoms with E-state index in [1.54, 1.807) is 18.0 Å². The summed E-state index contributed by atoms with van der Waals surface area (Å²) < 4.78 is 10.8. The summed E-state index contributed by atoms with van der Waals surface area (Å²) in [6.45, 7) is 0.675. The lowest BCUT2D eigenvalue weighted by Crippen LogP contribution is -2.00. The van der Waals surface area contributed by atoms with E-state index in [0.29, 0.717) is 6.61 Å². The molecule has 0 spiro atoms. The van der Waals surface area contributed by atoms with Crippen LogP contribution in [0, 0.1) is 0 Å². The normalized spacial score (nSPS) is 10.4. The number of hydrogen-bond acceptors (Lipinski definition) is 4. The minimum atomic E-state index is 0.675. The number of furan rings is 1. The number of hydrogen-bond donors (Lipinski definition) is 1. The van der Waals surface area contributed by atoms with E-state index >= 15 is 0 Å². The molecule has 0 saturated heterocycles. The molecule has 0 aliphatic rings. The maximum atomic E-state index is 5.66. The molecule has 17 heavy (non-hydrogen) atoms. The summed E-state index contributed by atoms with van der Waals surface area (Å²) in [5.74, 6) is 3.63. The number of nitrogen functional groups attached to an aromatic ring is 1. The zero-order valence-corrected chi connectivity index (χ0v) is 10.3. The predicted molar refractivity (Wildman–Crippen MR) is 71.2 cm³/mol. The van der Waals surface area contributed by atoms with Crippen molar-refractivity contribution < 1.29 is 9.15 Å². The Morgan fingerprint density at radius 1 is 1.24 bits per heavy atom. The highest BCUT2D eigenvalue weighted by molar-refractivity contribution is 7.98. The van der Waals surface area contributed by atoms with Gasteiger partial charge in [-0.3, -0.25) is 0 Å². The van der Waals surface area contributed by atoms with Gasteiger partial charge in [-0.15, -0.1) is 0 Å². The topological polar surface area (TPSA) is 48.4 Å². The highest BCUT2D eigenvalue weighted by Gasteiger charge is 1.97. The van der Waals surface area contributed by atoms with Crippen molar-refractivity contribution in [2.24, 2.45) is 0 Å². The van der Waals surface area contributed by atoms with Crippen LogP contribution < -0.4 is 10.5 Å². The second-order valence-electron chi connectivity index (χ2n) is 3.55. The summed E-state index contributed by atoms with van der Waals surface area (Å²) in [4.78, 5) is 0. The van der Waals surface area contributed by atoms with Crippen LogP contribution in [0.2, 0.25) is 0 Å². The highest BCUT2D eigenvalue weighted by Crippen LogP contribution is 2.16. The van der Waals surface area contributed by atoms with E-state index in [0.717, 1.165) is 28.7 Å². The van der Waals surface area contributed by atoms with Crippen LogP contribution in [0.15, 0.2) is 47.1 Å². The predicted octanol–water partition coefficient (Wildman–Crippen LogP) is 3.17. The number of nitrogens with two attached hydrogens (primary N) is 1. The molecule has 0 atom stereocenters. The molecule has 0 saturated carbocycles. The molecule has 0 aliphatic heterocycles. The van der Waals surface area contributed by atoms with Gasteiger partial charge in [-0.05, 0) is 24.3 Å². The van der Waals surface area contributed by atoms with Crippen LogP contribution in [0.3, 0.4) is 0 Å². The minimum absolute atomic E-state index is 0.675. The Kier molecular flexibility index (Phi) is 4.38. The van der Waals surface area contributed by atoms with Crippen LogP contribution in [0.5, 0.6) is 5.75 Å². The van der Waals surface area contributed by atoms with Crippen molar-refractivity contribution >= 4 is 17.4 Å². The molecule has 2 aromatic rings. The molecule has 4 heteroatoms. The minimum Gasteiger partial charge on any atom is -0.493 e. The van der Waals surface area contributed by atoms with E-state index in [1.807, 2.05) is 36.4 Å². The maximum absolute atomic E-state index is 5.66. The monoisotopic (exact) mass is 249 g/mol. The lowest BCUT2D eigenvalue weighted by atomic mass is 10.3. The molecular weight excluding hydrogens is 234 g/mol. The first-order valence-electron chi connectivity index (χ1n) is 5.43. The largest absolute Gasteiger partial charge is 0.493 e. The van der Waals surface area contributed by atoms with Crippen molar-refractivity contribution in [1.82, 2.24) is 0 Å².